The first-order chi connectivity index (χ1) is 5.90. The van der Waals surface area contributed by atoms with Gasteiger partial charge < -0.3 is 5.11 Å². The van der Waals surface area contributed by atoms with Crippen molar-refractivity contribution in [1.82, 2.24) is 15.2 Å². The van der Waals surface area contributed by atoms with Crippen LogP contribution in [0.4, 0.5) is 0 Å². The fourth-order valence-corrected chi connectivity index (χ4v) is 1.14. The molecule has 4 nitrogen and oxygen atoms in total. The molecule has 0 aliphatic rings. The third-order valence-electron chi connectivity index (χ3n) is 1.75. The van der Waals surface area contributed by atoms with Crippen molar-refractivity contribution in [2.75, 3.05) is 6.61 Å². The Morgan fingerprint density at radius 1 is 1.42 bits per heavy atom. The van der Waals surface area contributed by atoms with Crippen molar-refractivity contribution in [3.05, 3.63) is 24.0 Å². The molecular formula is C8H9N3O. The maximum atomic E-state index is 8.69. The smallest absolute Gasteiger partial charge is 0.108 e. The molecule has 2 heterocycles. The van der Waals surface area contributed by atoms with E-state index in [1.54, 1.807) is 12.4 Å². The van der Waals surface area contributed by atoms with E-state index in [1.807, 2.05) is 6.07 Å². The summed E-state index contributed by atoms with van der Waals surface area (Å²) in [5.41, 5.74) is 2.80. The molecule has 2 aromatic rings. The highest BCUT2D eigenvalue weighted by Gasteiger charge is 1.97. The lowest BCUT2D eigenvalue weighted by Crippen LogP contribution is -1.91. The summed E-state index contributed by atoms with van der Waals surface area (Å²) in [6.45, 7) is 0.154. The van der Waals surface area contributed by atoms with Gasteiger partial charge >= 0.3 is 0 Å². The number of aliphatic hydroxyl groups is 1. The molecule has 2 aromatic heterocycles. The number of aromatic nitrogens is 3. The van der Waals surface area contributed by atoms with Crippen LogP contribution < -0.4 is 0 Å². The molecule has 0 bridgehead atoms. The second-order valence-electron chi connectivity index (χ2n) is 2.62. The Balaban J connectivity index is 2.46. The van der Waals surface area contributed by atoms with Gasteiger partial charge in [0.25, 0.3) is 0 Å². The van der Waals surface area contributed by atoms with Gasteiger partial charge in [-0.25, -0.2) is 0 Å². The highest BCUT2D eigenvalue weighted by Crippen LogP contribution is 2.09. The molecule has 0 unspecified atom stereocenters. The third-order valence-corrected chi connectivity index (χ3v) is 1.75. The molecule has 62 valence electrons. The van der Waals surface area contributed by atoms with Crippen LogP contribution in [-0.4, -0.2) is 26.9 Å². The van der Waals surface area contributed by atoms with Crippen LogP contribution in [0, 0.1) is 0 Å². The van der Waals surface area contributed by atoms with Crippen LogP contribution in [0.3, 0.4) is 0 Å². The summed E-state index contributed by atoms with van der Waals surface area (Å²) < 4.78 is 0. The number of pyridine rings is 1. The lowest BCUT2D eigenvalue weighted by atomic mass is 10.2. The van der Waals surface area contributed by atoms with Crippen molar-refractivity contribution in [1.29, 1.82) is 0 Å². The van der Waals surface area contributed by atoms with Crippen LogP contribution in [0.1, 0.15) is 5.56 Å². The van der Waals surface area contributed by atoms with Gasteiger partial charge in [0.2, 0.25) is 0 Å². The van der Waals surface area contributed by atoms with Gasteiger partial charge in [-0.05, 0) is 18.1 Å². The maximum absolute atomic E-state index is 8.69. The lowest BCUT2D eigenvalue weighted by Gasteiger charge is -1.95. The zero-order chi connectivity index (χ0) is 8.39. The average molecular weight is 163 g/mol. The first kappa shape index (κ1) is 7.24. The number of hydrogen-bond acceptors (Lipinski definition) is 3. The number of aliphatic hydroxyl groups excluding tert-OH is 1. The minimum atomic E-state index is 0.154. The monoisotopic (exact) mass is 163 g/mol. The van der Waals surface area contributed by atoms with Gasteiger partial charge in [-0.3, -0.25) is 10.1 Å². The molecule has 0 fully saturated rings. The molecule has 0 amide bonds. The van der Waals surface area contributed by atoms with Crippen LogP contribution >= 0.6 is 0 Å². The fourth-order valence-electron chi connectivity index (χ4n) is 1.14. The normalized spacial score (nSPS) is 10.8. The summed E-state index contributed by atoms with van der Waals surface area (Å²) in [5, 5.41) is 15.4. The first-order valence-electron chi connectivity index (χ1n) is 3.79. The molecular weight excluding hydrogens is 154 g/mol. The second kappa shape index (κ2) is 2.91. The van der Waals surface area contributed by atoms with E-state index in [-0.39, 0.29) is 6.61 Å². The summed E-state index contributed by atoms with van der Waals surface area (Å²) in [5.74, 6) is 0. The Labute approximate surface area is 69.3 Å². The Kier molecular flexibility index (Phi) is 1.75. The molecule has 0 spiro atoms. The molecule has 0 saturated carbocycles. The molecule has 2 rings (SSSR count). The molecule has 0 aliphatic carbocycles. The van der Waals surface area contributed by atoms with Gasteiger partial charge in [0.15, 0.2) is 0 Å². The third kappa shape index (κ3) is 1.16. The highest BCUT2D eigenvalue weighted by atomic mass is 16.2. The zero-order valence-electron chi connectivity index (χ0n) is 6.49. The van der Waals surface area contributed by atoms with Gasteiger partial charge in [-0.1, -0.05) is 0 Å². The van der Waals surface area contributed by atoms with E-state index in [2.05, 4.69) is 15.2 Å². The van der Waals surface area contributed by atoms with Gasteiger partial charge in [0.1, 0.15) is 5.52 Å². The van der Waals surface area contributed by atoms with Gasteiger partial charge in [-0.15, -0.1) is 0 Å². The Morgan fingerprint density at radius 2 is 2.33 bits per heavy atom. The highest BCUT2D eigenvalue weighted by molar-refractivity contribution is 5.73. The summed E-state index contributed by atoms with van der Waals surface area (Å²) in [6, 6.07) is 1.95. The van der Waals surface area contributed by atoms with Gasteiger partial charge in [-0.2, -0.15) is 5.10 Å². The number of hydrogen-bond donors (Lipinski definition) is 2. The van der Waals surface area contributed by atoms with E-state index < -0.39 is 0 Å². The van der Waals surface area contributed by atoms with E-state index in [0.717, 1.165) is 16.6 Å². The molecule has 12 heavy (non-hydrogen) atoms. The predicted molar refractivity (Wildman–Crippen MR) is 44.7 cm³/mol. The number of nitrogens with one attached hydrogen (secondary N) is 1. The molecule has 4 heteroatoms. The number of H-pyrrole nitrogens is 1. The lowest BCUT2D eigenvalue weighted by molar-refractivity contribution is 0.299. The van der Waals surface area contributed by atoms with Gasteiger partial charge in [0, 0.05) is 12.8 Å². The van der Waals surface area contributed by atoms with Crippen LogP contribution in [-0.2, 0) is 6.42 Å². The number of nitrogens with zero attached hydrogens (tertiary/aromatic N) is 2. The molecule has 0 atom stereocenters. The molecule has 0 radical (unpaired) electrons. The second-order valence-corrected chi connectivity index (χ2v) is 2.62. The van der Waals surface area contributed by atoms with E-state index in [1.165, 1.54) is 0 Å². The Hall–Kier alpha value is -1.42. The number of fused-ring (bicyclic) bond motifs is 1. The van der Waals surface area contributed by atoms with E-state index in [9.17, 15) is 0 Å². The van der Waals surface area contributed by atoms with Crippen molar-refractivity contribution in [2.45, 2.75) is 6.42 Å². The van der Waals surface area contributed by atoms with E-state index in [4.69, 9.17) is 5.11 Å². The van der Waals surface area contributed by atoms with Crippen LogP contribution in [0.25, 0.3) is 11.0 Å². The number of aromatic amines is 1. The molecule has 0 saturated heterocycles. The van der Waals surface area contributed by atoms with Gasteiger partial charge in [0.05, 0.1) is 11.7 Å². The first-order valence-corrected chi connectivity index (χ1v) is 3.79. The fraction of sp³-hybridized carbons (Fsp3) is 0.250. The summed E-state index contributed by atoms with van der Waals surface area (Å²) in [4.78, 5) is 4.15. The van der Waals surface area contributed by atoms with Crippen molar-refractivity contribution in [2.24, 2.45) is 0 Å². The van der Waals surface area contributed by atoms with E-state index in [0.29, 0.717) is 6.42 Å². The van der Waals surface area contributed by atoms with E-state index >= 15 is 0 Å². The van der Waals surface area contributed by atoms with Crippen molar-refractivity contribution >= 4 is 11.0 Å². The van der Waals surface area contributed by atoms with Crippen molar-refractivity contribution < 1.29 is 5.11 Å². The minimum absolute atomic E-state index is 0.154. The largest absolute Gasteiger partial charge is 0.396 e. The SMILES string of the molecule is OCCc1cnc2cn[nH]c2c1. The summed E-state index contributed by atoms with van der Waals surface area (Å²) >= 11 is 0. The predicted octanol–water partition coefficient (Wildman–Crippen LogP) is 0.493. The molecule has 0 aliphatic heterocycles. The van der Waals surface area contributed by atoms with Crippen LogP contribution in [0.5, 0.6) is 0 Å². The molecule has 0 aromatic carbocycles. The Morgan fingerprint density at radius 3 is 3.17 bits per heavy atom. The van der Waals surface area contributed by atoms with Crippen molar-refractivity contribution in [3.8, 4) is 0 Å². The molecule has 2 N–H and O–H groups in total. The average Bonchev–Trinajstić information content (AvgIpc) is 2.51. The van der Waals surface area contributed by atoms with Crippen LogP contribution in [0.15, 0.2) is 18.5 Å². The quantitative estimate of drug-likeness (QED) is 0.677. The summed E-state index contributed by atoms with van der Waals surface area (Å²) in [6.07, 6.45) is 4.08. The van der Waals surface area contributed by atoms with Crippen molar-refractivity contribution in [3.63, 3.8) is 0 Å². The zero-order valence-corrected chi connectivity index (χ0v) is 6.49. The van der Waals surface area contributed by atoms with Crippen LogP contribution in [0.2, 0.25) is 0 Å². The topological polar surface area (TPSA) is 61.8 Å². The standard InChI is InChI=1S/C8H9N3O/c12-2-1-6-3-7-8(9-4-6)5-10-11-7/h3-5,12H,1-2H2,(H,10,11). The maximum Gasteiger partial charge on any atom is 0.108 e. The summed E-state index contributed by atoms with van der Waals surface area (Å²) in [7, 11) is 0. The number of rotatable bonds is 2. The minimum Gasteiger partial charge on any atom is -0.396 e. The Bertz CT molecular complexity index is 382.